The second-order valence-corrected chi connectivity index (χ2v) is 5.68. The van der Waals surface area contributed by atoms with Crippen LogP contribution in [0.25, 0.3) is 0 Å². The van der Waals surface area contributed by atoms with E-state index in [1.165, 1.54) is 12.6 Å². The molecule has 5 N–H and O–H groups in total. The van der Waals surface area contributed by atoms with Crippen LogP contribution in [0.3, 0.4) is 0 Å². The normalized spacial score (nSPS) is 9.72. The number of amides is 2. The first-order chi connectivity index (χ1) is 12.1. The number of anilines is 1. The Balaban J connectivity index is 0.000000293. The number of hydrogen-bond acceptors (Lipinski definition) is 3. The summed E-state index contributed by atoms with van der Waals surface area (Å²) in [6.07, 6.45) is 4.17. The van der Waals surface area contributed by atoms with Crippen LogP contribution >= 0.6 is 0 Å². The van der Waals surface area contributed by atoms with E-state index in [0.717, 1.165) is 37.8 Å². The average molecular weight is 343 g/mol. The summed E-state index contributed by atoms with van der Waals surface area (Å²) in [5.41, 5.74) is 8.25. The monoisotopic (exact) mass is 343 g/mol. The van der Waals surface area contributed by atoms with Crippen LogP contribution in [0.4, 0.5) is 10.5 Å². The van der Waals surface area contributed by atoms with Crippen molar-refractivity contribution in [2.24, 2.45) is 5.73 Å². The molecular weight excluding hydrogens is 314 g/mol. The second-order valence-electron chi connectivity index (χ2n) is 5.68. The van der Waals surface area contributed by atoms with Crippen molar-refractivity contribution in [2.75, 3.05) is 18.9 Å². The molecule has 0 saturated carbocycles. The minimum atomic E-state index is -0.331. The number of aromatic hydroxyl groups is 1. The molecule has 0 radical (unpaired) electrons. The van der Waals surface area contributed by atoms with Crippen molar-refractivity contribution < 1.29 is 9.90 Å². The van der Waals surface area contributed by atoms with Gasteiger partial charge in [-0.05, 0) is 49.1 Å². The van der Waals surface area contributed by atoms with Crippen LogP contribution in [0.15, 0.2) is 48.5 Å². The predicted octanol–water partition coefficient (Wildman–Crippen LogP) is 3.67. The summed E-state index contributed by atoms with van der Waals surface area (Å²) in [5, 5.41) is 14.6. The van der Waals surface area contributed by atoms with Gasteiger partial charge in [-0.3, -0.25) is 0 Å². The summed E-state index contributed by atoms with van der Waals surface area (Å²) in [6, 6.07) is 15.2. The van der Waals surface area contributed by atoms with Crippen molar-refractivity contribution in [3.8, 4) is 5.75 Å². The number of benzene rings is 2. The number of unbranched alkanes of at least 4 members (excludes halogenated alkanes) is 1. The molecule has 0 aromatic heterocycles. The van der Waals surface area contributed by atoms with Gasteiger partial charge in [0.05, 0.1) is 5.69 Å². The zero-order valence-electron chi connectivity index (χ0n) is 15.1. The van der Waals surface area contributed by atoms with Gasteiger partial charge < -0.3 is 21.5 Å². The van der Waals surface area contributed by atoms with Gasteiger partial charge in [0.2, 0.25) is 0 Å². The number of carbonyl (C=O) groups is 1. The summed E-state index contributed by atoms with van der Waals surface area (Å²) in [5.74, 6) is 0.0869. The predicted molar refractivity (Wildman–Crippen MR) is 104 cm³/mol. The largest absolute Gasteiger partial charge is 0.506 e. The van der Waals surface area contributed by atoms with Gasteiger partial charge >= 0.3 is 6.03 Å². The molecule has 0 unspecified atom stereocenters. The fourth-order valence-electron chi connectivity index (χ4n) is 2.22. The van der Waals surface area contributed by atoms with Crippen molar-refractivity contribution in [2.45, 2.75) is 32.6 Å². The highest BCUT2D eigenvalue weighted by Gasteiger charge is 2.05. The van der Waals surface area contributed by atoms with Gasteiger partial charge in [-0.1, -0.05) is 49.7 Å². The number of nitrogens with one attached hydrogen (secondary N) is 2. The molecule has 0 bridgehead atoms. The van der Waals surface area contributed by atoms with E-state index in [0.29, 0.717) is 5.69 Å². The maximum atomic E-state index is 11.1. The Labute approximate surface area is 150 Å². The number of hydrogen-bond donors (Lipinski definition) is 4. The third-order valence-corrected chi connectivity index (χ3v) is 3.63. The fourth-order valence-corrected chi connectivity index (χ4v) is 2.22. The number of phenolic OH excluding ortho intramolecular Hbond substituents is 1. The molecule has 2 amide bonds. The van der Waals surface area contributed by atoms with Crippen molar-refractivity contribution in [1.82, 2.24) is 5.32 Å². The molecule has 0 atom stereocenters. The Morgan fingerprint density at radius 1 is 1.08 bits per heavy atom. The summed E-state index contributed by atoms with van der Waals surface area (Å²) in [6.45, 7) is 2.87. The molecule has 2 aromatic rings. The van der Waals surface area contributed by atoms with Crippen LogP contribution in [0.5, 0.6) is 5.75 Å². The molecular formula is C20H29N3O2. The maximum Gasteiger partial charge on any atom is 0.319 e. The quantitative estimate of drug-likeness (QED) is 0.604. The number of urea groups is 1. The molecule has 0 spiro atoms. The lowest BCUT2D eigenvalue weighted by Gasteiger charge is -2.08. The minimum absolute atomic E-state index is 0.0869. The molecule has 0 saturated heterocycles. The van der Waals surface area contributed by atoms with Crippen LogP contribution in [0.1, 0.15) is 30.9 Å². The number of carbonyl (C=O) groups excluding carboxylic acids is 1. The van der Waals surface area contributed by atoms with Gasteiger partial charge in [-0.2, -0.15) is 0 Å². The lowest BCUT2D eigenvalue weighted by atomic mass is 10.1. The van der Waals surface area contributed by atoms with Gasteiger partial charge in [-0.15, -0.1) is 0 Å². The van der Waals surface area contributed by atoms with Gasteiger partial charge in [0.25, 0.3) is 0 Å². The number of rotatable bonds is 6. The van der Waals surface area contributed by atoms with Crippen LogP contribution in [-0.4, -0.2) is 24.7 Å². The standard InChI is InChI=1S/C12H18N2O2.C8H11N/c1-3-4-5-9-6-7-11(15)10(8-9)14-12(16)13-2;9-7-6-8-4-2-1-3-5-8/h6-8,15H,3-5H2,1-2H3,(H2,13,14,16);1-5H,6-7,9H2. The Kier molecular flexibility index (Phi) is 9.78. The van der Waals surface area contributed by atoms with Crippen LogP contribution in [-0.2, 0) is 12.8 Å². The SMILES string of the molecule is CCCCc1ccc(O)c(NC(=O)NC)c1.NCCc1ccccc1. The summed E-state index contributed by atoms with van der Waals surface area (Å²) >= 11 is 0. The lowest BCUT2D eigenvalue weighted by Crippen LogP contribution is -2.24. The van der Waals surface area contributed by atoms with E-state index in [1.807, 2.05) is 24.3 Å². The van der Waals surface area contributed by atoms with E-state index >= 15 is 0 Å². The first kappa shape index (κ1) is 20.5. The maximum absolute atomic E-state index is 11.1. The van der Waals surface area contributed by atoms with Crippen LogP contribution in [0, 0.1) is 0 Å². The lowest BCUT2D eigenvalue weighted by molar-refractivity contribution is 0.254. The third-order valence-electron chi connectivity index (χ3n) is 3.63. The van der Waals surface area contributed by atoms with E-state index in [2.05, 4.69) is 29.7 Å². The molecule has 0 heterocycles. The zero-order chi connectivity index (χ0) is 18.5. The first-order valence-corrected chi connectivity index (χ1v) is 8.65. The number of aryl methyl sites for hydroxylation is 1. The number of nitrogens with two attached hydrogens (primary N) is 1. The molecule has 2 aromatic carbocycles. The van der Waals surface area contributed by atoms with E-state index in [9.17, 15) is 9.90 Å². The molecule has 2 rings (SSSR count). The Morgan fingerprint density at radius 3 is 2.40 bits per heavy atom. The summed E-state index contributed by atoms with van der Waals surface area (Å²) in [4.78, 5) is 11.1. The number of phenols is 1. The topological polar surface area (TPSA) is 87.4 Å². The molecule has 0 fully saturated rings. The summed E-state index contributed by atoms with van der Waals surface area (Å²) in [7, 11) is 1.54. The molecule has 0 aliphatic heterocycles. The van der Waals surface area contributed by atoms with Crippen molar-refractivity contribution >= 4 is 11.7 Å². The van der Waals surface area contributed by atoms with Crippen molar-refractivity contribution in [1.29, 1.82) is 0 Å². The molecule has 0 aliphatic carbocycles. The first-order valence-electron chi connectivity index (χ1n) is 8.65. The smallest absolute Gasteiger partial charge is 0.319 e. The second kappa shape index (κ2) is 11.9. The Hall–Kier alpha value is -2.53. The highest BCUT2D eigenvalue weighted by atomic mass is 16.3. The fraction of sp³-hybridized carbons (Fsp3) is 0.350. The Morgan fingerprint density at radius 2 is 1.80 bits per heavy atom. The molecule has 5 heteroatoms. The minimum Gasteiger partial charge on any atom is -0.506 e. The van der Waals surface area contributed by atoms with Crippen LogP contribution in [0.2, 0.25) is 0 Å². The molecule has 0 aliphatic rings. The Bertz CT molecular complexity index is 630. The third kappa shape index (κ3) is 8.22. The van der Waals surface area contributed by atoms with Crippen molar-refractivity contribution in [3.05, 3.63) is 59.7 Å². The van der Waals surface area contributed by atoms with Gasteiger partial charge in [0, 0.05) is 7.05 Å². The average Bonchev–Trinajstić information content (AvgIpc) is 2.64. The van der Waals surface area contributed by atoms with E-state index in [1.54, 1.807) is 12.1 Å². The van der Waals surface area contributed by atoms with Gasteiger partial charge in [0.15, 0.2) is 0 Å². The zero-order valence-corrected chi connectivity index (χ0v) is 15.1. The molecule has 136 valence electrons. The highest BCUT2D eigenvalue weighted by Crippen LogP contribution is 2.24. The molecule has 5 nitrogen and oxygen atoms in total. The van der Waals surface area contributed by atoms with E-state index in [-0.39, 0.29) is 11.8 Å². The van der Waals surface area contributed by atoms with Gasteiger partial charge in [-0.25, -0.2) is 4.79 Å². The summed E-state index contributed by atoms with van der Waals surface area (Å²) < 4.78 is 0. The van der Waals surface area contributed by atoms with Crippen molar-refractivity contribution in [3.63, 3.8) is 0 Å². The van der Waals surface area contributed by atoms with E-state index in [4.69, 9.17) is 5.73 Å². The van der Waals surface area contributed by atoms with E-state index < -0.39 is 0 Å². The van der Waals surface area contributed by atoms with Gasteiger partial charge in [0.1, 0.15) is 5.75 Å². The van der Waals surface area contributed by atoms with Crippen LogP contribution < -0.4 is 16.4 Å². The highest BCUT2D eigenvalue weighted by molar-refractivity contribution is 5.90. The molecule has 25 heavy (non-hydrogen) atoms.